The van der Waals surface area contributed by atoms with Crippen LogP contribution in [0.2, 0.25) is 0 Å². The van der Waals surface area contributed by atoms with Gasteiger partial charge in [0.15, 0.2) is 0 Å². The summed E-state index contributed by atoms with van der Waals surface area (Å²) in [4.78, 5) is 4.00. The summed E-state index contributed by atoms with van der Waals surface area (Å²) in [7, 11) is 0. The summed E-state index contributed by atoms with van der Waals surface area (Å²) in [5.41, 5.74) is 0. The van der Waals surface area contributed by atoms with Gasteiger partial charge in [-0.3, -0.25) is 4.90 Å². The monoisotopic (exact) mass is 229 g/mol. The second-order valence-corrected chi connectivity index (χ2v) is 5.32. The number of piperidine rings is 1. The van der Waals surface area contributed by atoms with Gasteiger partial charge in [0, 0.05) is 23.8 Å². The van der Waals surface area contributed by atoms with Crippen LogP contribution < -0.4 is 0 Å². The zero-order valence-electron chi connectivity index (χ0n) is 8.29. The summed E-state index contributed by atoms with van der Waals surface area (Å²) in [5.74, 6) is 1.53. The van der Waals surface area contributed by atoms with E-state index in [0.29, 0.717) is 5.92 Å². The Hall–Kier alpha value is -0.0500. The smallest absolute Gasteiger partial charge is 0.0328 e. The first-order valence-electron chi connectivity index (χ1n) is 5.19. The fourth-order valence-corrected chi connectivity index (χ4v) is 3.04. The highest BCUT2D eigenvalue weighted by molar-refractivity contribution is 7.09. The largest absolute Gasteiger partial charge is 0.298 e. The van der Waals surface area contributed by atoms with E-state index in [1.807, 2.05) is 11.3 Å². The molecule has 3 heteroatoms. The molecular weight excluding hydrogens is 214 g/mol. The number of rotatable bonds is 3. The Morgan fingerprint density at radius 1 is 1.57 bits per heavy atom. The minimum atomic E-state index is 0.713. The lowest BCUT2D eigenvalue weighted by Gasteiger charge is -2.31. The van der Waals surface area contributed by atoms with E-state index in [1.54, 1.807) is 0 Å². The van der Waals surface area contributed by atoms with Crippen LogP contribution in [0.1, 0.15) is 17.7 Å². The molecule has 1 saturated heterocycles. The third-order valence-corrected chi connectivity index (χ3v) is 4.08. The zero-order valence-corrected chi connectivity index (χ0v) is 9.86. The molecule has 1 aliphatic heterocycles. The van der Waals surface area contributed by atoms with E-state index in [0.717, 1.165) is 12.4 Å². The molecule has 1 unspecified atom stereocenters. The number of likely N-dealkylation sites (tertiary alicyclic amines) is 1. The van der Waals surface area contributed by atoms with Gasteiger partial charge in [-0.1, -0.05) is 6.07 Å². The van der Waals surface area contributed by atoms with Crippen molar-refractivity contribution in [1.82, 2.24) is 4.90 Å². The van der Waals surface area contributed by atoms with Gasteiger partial charge in [-0.25, -0.2) is 0 Å². The second-order valence-electron chi connectivity index (χ2n) is 3.98. The number of hydrogen-bond acceptors (Lipinski definition) is 2. The van der Waals surface area contributed by atoms with Crippen molar-refractivity contribution in [2.24, 2.45) is 5.92 Å². The van der Waals surface area contributed by atoms with Crippen LogP contribution in [0.25, 0.3) is 0 Å². The lowest BCUT2D eigenvalue weighted by Crippen LogP contribution is -2.35. The van der Waals surface area contributed by atoms with Crippen LogP contribution in [0.15, 0.2) is 17.5 Å². The van der Waals surface area contributed by atoms with E-state index in [2.05, 4.69) is 22.4 Å². The molecule has 0 saturated carbocycles. The minimum Gasteiger partial charge on any atom is -0.298 e. The lowest BCUT2D eigenvalue weighted by atomic mass is 10.0. The first-order valence-corrected chi connectivity index (χ1v) is 6.60. The molecule has 0 aliphatic carbocycles. The van der Waals surface area contributed by atoms with Gasteiger partial charge >= 0.3 is 0 Å². The summed E-state index contributed by atoms with van der Waals surface area (Å²) in [6.07, 6.45) is 2.62. The molecule has 1 aliphatic rings. The molecule has 1 fully saturated rings. The molecule has 1 atom stereocenters. The van der Waals surface area contributed by atoms with E-state index in [1.165, 1.54) is 30.8 Å². The van der Waals surface area contributed by atoms with Gasteiger partial charge in [-0.2, -0.15) is 0 Å². The van der Waals surface area contributed by atoms with E-state index in [-0.39, 0.29) is 0 Å². The van der Waals surface area contributed by atoms with Crippen LogP contribution in [0.4, 0.5) is 0 Å². The summed E-state index contributed by atoms with van der Waals surface area (Å²) in [6.45, 7) is 3.54. The van der Waals surface area contributed by atoms with Gasteiger partial charge in [0.2, 0.25) is 0 Å². The van der Waals surface area contributed by atoms with Crippen LogP contribution in [-0.4, -0.2) is 23.9 Å². The third-order valence-electron chi connectivity index (χ3n) is 2.78. The maximum Gasteiger partial charge on any atom is 0.0328 e. The average Bonchev–Trinajstić information content (AvgIpc) is 2.71. The quantitative estimate of drug-likeness (QED) is 0.720. The van der Waals surface area contributed by atoms with E-state index < -0.39 is 0 Å². The Morgan fingerprint density at radius 3 is 3.21 bits per heavy atom. The highest BCUT2D eigenvalue weighted by Crippen LogP contribution is 2.20. The van der Waals surface area contributed by atoms with Crippen LogP contribution >= 0.6 is 22.9 Å². The molecule has 0 bridgehead atoms. The maximum absolute atomic E-state index is 5.90. The van der Waals surface area contributed by atoms with Crippen molar-refractivity contribution < 1.29 is 0 Å². The summed E-state index contributed by atoms with van der Waals surface area (Å²) in [5, 5.41) is 2.15. The van der Waals surface area contributed by atoms with Gasteiger partial charge < -0.3 is 0 Å². The van der Waals surface area contributed by atoms with Crippen LogP contribution in [0.3, 0.4) is 0 Å². The van der Waals surface area contributed by atoms with Crippen molar-refractivity contribution in [2.75, 3.05) is 19.0 Å². The molecule has 2 heterocycles. The van der Waals surface area contributed by atoms with Crippen molar-refractivity contribution in [3.05, 3.63) is 22.4 Å². The first-order chi connectivity index (χ1) is 6.88. The Balaban J connectivity index is 1.86. The Kier molecular flexibility index (Phi) is 3.85. The standard InChI is InChI=1S/C11H16ClNS/c12-7-10-3-1-5-13(8-10)9-11-4-2-6-14-11/h2,4,6,10H,1,3,5,7-9H2. The molecule has 2 rings (SSSR count). The molecule has 78 valence electrons. The topological polar surface area (TPSA) is 3.24 Å². The van der Waals surface area contributed by atoms with Crippen LogP contribution in [0.5, 0.6) is 0 Å². The SMILES string of the molecule is ClCC1CCCN(Cc2cccs2)C1. The zero-order chi connectivity index (χ0) is 9.80. The molecule has 1 aromatic heterocycles. The number of thiophene rings is 1. The summed E-state index contributed by atoms with van der Waals surface area (Å²) >= 11 is 7.75. The fourth-order valence-electron chi connectivity index (χ4n) is 2.04. The molecule has 0 aromatic carbocycles. The van der Waals surface area contributed by atoms with Crippen molar-refractivity contribution in [3.8, 4) is 0 Å². The highest BCUT2D eigenvalue weighted by Gasteiger charge is 2.18. The molecule has 0 spiro atoms. The van der Waals surface area contributed by atoms with Gasteiger partial charge in [0.05, 0.1) is 0 Å². The predicted molar refractivity (Wildman–Crippen MR) is 63.0 cm³/mol. The Bertz CT molecular complexity index is 260. The average molecular weight is 230 g/mol. The molecule has 14 heavy (non-hydrogen) atoms. The number of hydrogen-bond donors (Lipinski definition) is 0. The number of halogens is 1. The molecule has 0 radical (unpaired) electrons. The van der Waals surface area contributed by atoms with Gasteiger partial charge in [-0.05, 0) is 36.8 Å². The maximum atomic E-state index is 5.90. The Morgan fingerprint density at radius 2 is 2.50 bits per heavy atom. The molecule has 0 amide bonds. The highest BCUT2D eigenvalue weighted by atomic mass is 35.5. The molecule has 0 N–H and O–H groups in total. The fraction of sp³-hybridized carbons (Fsp3) is 0.636. The minimum absolute atomic E-state index is 0.713. The van der Waals surface area contributed by atoms with Crippen molar-refractivity contribution in [3.63, 3.8) is 0 Å². The summed E-state index contributed by atoms with van der Waals surface area (Å²) in [6, 6.07) is 4.35. The first kappa shape index (κ1) is 10.5. The second kappa shape index (κ2) is 5.15. The van der Waals surface area contributed by atoms with Crippen LogP contribution in [0, 0.1) is 5.92 Å². The van der Waals surface area contributed by atoms with Crippen molar-refractivity contribution in [2.45, 2.75) is 19.4 Å². The van der Waals surface area contributed by atoms with Gasteiger partial charge in [0.25, 0.3) is 0 Å². The number of alkyl halides is 1. The normalized spacial score (nSPS) is 23.9. The predicted octanol–water partition coefficient (Wildman–Crippen LogP) is 3.20. The third kappa shape index (κ3) is 2.72. The van der Waals surface area contributed by atoms with E-state index >= 15 is 0 Å². The summed E-state index contributed by atoms with van der Waals surface area (Å²) < 4.78 is 0. The van der Waals surface area contributed by atoms with E-state index in [4.69, 9.17) is 11.6 Å². The van der Waals surface area contributed by atoms with Gasteiger partial charge in [-0.15, -0.1) is 22.9 Å². The molecule has 1 nitrogen and oxygen atoms in total. The number of nitrogens with zero attached hydrogens (tertiary/aromatic N) is 1. The Labute approximate surface area is 94.7 Å². The van der Waals surface area contributed by atoms with Crippen LogP contribution in [-0.2, 0) is 6.54 Å². The molecular formula is C11H16ClNS. The molecule has 1 aromatic rings. The van der Waals surface area contributed by atoms with Crippen molar-refractivity contribution in [1.29, 1.82) is 0 Å². The van der Waals surface area contributed by atoms with Crippen molar-refractivity contribution >= 4 is 22.9 Å². The lowest BCUT2D eigenvalue weighted by molar-refractivity contribution is 0.179. The van der Waals surface area contributed by atoms with E-state index in [9.17, 15) is 0 Å². The van der Waals surface area contributed by atoms with Gasteiger partial charge in [0.1, 0.15) is 0 Å².